The summed E-state index contributed by atoms with van der Waals surface area (Å²) in [5.74, 6) is 1.37. The molecule has 0 saturated carbocycles. The Morgan fingerprint density at radius 1 is 1.33 bits per heavy atom. The van der Waals surface area contributed by atoms with Gasteiger partial charge in [0.25, 0.3) is 0 Å². The Balaban J connectivity index is 1.51. The van der Waals surface area contributed by atoms with Crippen molar-refractivity contribution >= 4 is 22.8 Å². The van der Waals surface area contributed by atoms with Crippen LogP contribution in [0.2, 0.25) is 0 Å². The summed E-state index contributed by atoms with van der Waals surface area (Å²) >= 11 is 0. The van der Waals surface area contributed by atoms with Gasteiger partial charge in [0, 0.05) is 19.2 Å². The van der Waals surface area contributed by atoms with Crippen molar-refractivity contribution < 1.29 is 14.6 Å². The first-order chi connectivity index (χ1) is 14.5. The molecule has 2 aliphatic rings. The van der Waals surface area contributed by atoms with Crippen LogP contribution >= 0.6 is 0 Å². The van der Waals surface area contributed by atoms with Crippen LogP contribution in [0.5, 0.6) is 5.75 Å². The van der Waals surface area contributed by atoms with E-state index >= 15 is 0 Å². The molecule has 0 amide bonds. The van der Waals surface area contributed by atoms with Crippen LogP contribution in [0.1, 0.15) is 30.0 Å². The first kappa shape index (κ1) is 19.1. The summed E-state index contributed by atoms with van der Waals surface area (Å²) in [5.41, 5.74) is 4.25. The highest BCUT2D eigenvalue weighted by Gasteiger charge is 2.27. The van der Waals surface area contributed by atoms with Crippen molar-refractivity contribution in [2.75, 3.05) is 25.1 Å². The minimum absolute atomic E-state index is 0.00143. The van der Waals surface area contributed by atoms with Crippen LogP contribution < -0.4 is 15.7 Å². The van der Waals surface area contributed by atoms with Crippen molar-refractivity contribution in [1.82, 2.24) is 19.1 Å². The molecular formula is C21H25N5O4. The van der Waals surface area contributed by atoms with E-state index in [1.807, 2.05) is 13.0 Å². The SMILES string of the molecule is Cc1cc2c(cc1Nc1ncc3c(n1)n(C1CCC(CO)OC1)c(=O)n3C)CCO2. The average Bonchev–Trinajstić information content (AvgIpc) is 3.30. The lowest BCUT2D eigenvalue weighted by Crippen LogP contribution is -2.35. The van der Waals surface area contributed by atoms with Gasteiger partial charge in [0.15, 0.2) is 5.65 Å². The van der Waals surface area contributed by atoms with Crippen LogP contribution in [0, 0.1) is 6.92 Å². The topological polar surface area (TPSA) is 103 Å². The molecule has 9 heteroatoms. The van der Waals surface area contributed by atoms with Crippen molar-refractivity contribution in [3.8, 4) is 5.75 Å². The van der Waals surface area contributed by atoms with E-state index in [-0.39, 0.29) is 24.4 Å². The largest absolute Gasteiger partial charge is 0.493 e. The number of nitrogens with one attached hydrogen (secondary N) is 1. The second kappa shape index (κ2) is 7.41. The summed E-state index contributed by atoms with van der Waals surface area (Å²) in [5, 5.41) is 12.6. The van der Waals surface area contributed by atoms with E-state index in [1.54, 1.807) is 22.4 Å². The van der Waals surface area contributed by atoms with Crippen molar-refractivity contribution in [3.63, 3.8) is 0 Å². The maximum atomic E-state index is 12.9. The zero-order valence-electron chi connectivity index (χ0n) is 17.1. The number of fused-ring (bicyclic) bond motifs is 2. The fourth-order valence-electron chi connectivity index (χ4n) is 4.25. The van der Waals surface area contributed by atoms with E-state index in [0.717, 1.165) is 29.8 Å². The lowest BCUT2D eigenvalue weighted by molar-refractivity contribution is -0.0389. The molecule has 4 heterocycles. The number of aliphatic hydroxyl groups excluding tert-OH is 1. The molecule has 0 aliphatic carbocycles. The third-order valence-electron chi connectivity index (χ3n) is 6.03. The van der Waals surface area contributed by atoms with Crippen LogP contribution in [-0.2, 0) is 18.2 Å². The van der Waals surface area contributed by atoms with Crippen LogP contribution in [-0.4, -0.2) is 50.1 Å². The summed E-state index contributed by atoms with van der Waals surface area (Å²) in [6.07, 6.45) is 3.86. The van der Waals surface area contributed by atoms with Crippen molar-refractivity contribution in [2.24, 2.45) is 7.05 Å². The molecule has 0 radical (unpaired) electrons. The van der Waals surface area contributed by atoms with Crippen LogP contribution in [0.3, 0.4) is 0 Å². The maximum absolute atomic E-state index is 12.9. The van der Waals surface area contributed by atoms with Gasteiger partial charge in [-0.1, -0.05) is 0 Å². The number of aliphatic hydroxyl groups is 1. The van der Waals surface area contributed by atoms with Gasteiger partial charge in [0.05, 0.1) is 38.2 Å². The van der Waals surface area contributed by atoms with Crippen LogP contribution in [0.15, 0.2) is 23.1 Å². The summed E-state index contributed by atoms with van der Waals surface area (Å²) in [4.78, 5) is 22.0. The molecule has 1 saturated heterocycles. The fraction of sp³-hybridized carbons (Fsp3) is 0.476. The minimum atomic E-state index is -0.162. The molecular weight excluding hydrogens is 386 g/mol. The molecule has 158 valence electrons. The van der Waals surface area contributed by atoms with Gasteiger partial charge in [-0.3, -0.25) is 9.13 Å². The van der Waals surface area contributed by atoms with Crippen molar-refractivity contribution in [1.29, 1.82) is 0 Å². The smallest absolute Gasteiger partial charge is 0.330 e. The Kier molecular flexibility index (Phi) is 4.71. The average molecular weight is 411 g/mol. The standard InChI is InChI=1S/C21H25N5O4/c1-12-7-18-13(5-6-29-18)8-16(12)23-20-22-9-17-19(24-20)26(21(28)25(17)2)14-3-4-15(10-27)30-11-14/h7-9,14-15,27H,3-6,10-11H2,1-2H3,(H,22,23,24). The predicted octanol–water partition coefficient (Wildman–Crippen LogP) is 1.83. The predicted molar refractivity (Wildman–Crippen MR) is 112 cm³/mol. The zero-order chi connectivity index (χ0) is 20.8. The fourth-order valence-corrected chi connectivity index (χ4v) is 4.25. The summed E-state index contributed by atoms with van der Waals surface area (Å²) in [6.45, 7) is 3.09. The van der Waals surface area contributed by atoms with Gasteiger partial charge < -0.3 is 19.9 Å². The molecule has 2 atom stereocenters. The third kappa shape index (κ3) is 3.14. The number of ether oxygens (including phenoxy) is 2. The number of anilines is 2. The van der Waals surface area contributed by atoms with E-state index in [2.05, 4.69) is 21.4 Å². The van der Waals surface area contributed by atoms with Gasteiger partial charge in [-0.15, -0.1) is 0 Å². The highest BCUT2D eigenvalue weighted by molar-refractivity contribution is 5.73. The minimum Gasteiger partial charge on any atom is -0.493 e. The van der Waals surface area contributed by atoms with Crippen LogP contribution in [0.4, 0.5) is 11.6 Å². The van der Waals surface area contributed by atoms with E-state index in [4.69, 9.17) is 9.47 Å². The Hall–Kier alpha value is -2.91. The van der Waals surface area contributed by atoms with Gasteiger partial charge in [0.1, 0.15) is 11.3 Å². The van der Waals surface area contributed by atoms with Crippen molar-refractivity contribution in [3.05, 3.63) is 39.9 Å². The number of aryl methyl sites for hydroxylation is 2. The first-order valence-corrected chi connectivity index (χ1v) is 10.2. The van der Waals surface area contributed by atoms with Gasteiger partial charge in [0.2, 0.25) is 5.95 Å². The molecule has 30 heavy (non-hydrogen) atoms. The van der Waals surface area contributed by atoms with Gasteiger partial charge in [-0.25, -0.2) is 9.78 Å². The second-order valence-corrected chi connectivity index (χ2v) is 7.98. The molecule has 0 spiro atoms. The zero-order valence-corrected chi connectivity index (χ0v) is 17.1. The number of benzene rings is 1. The maximum Gasteiger partial charge on any atom is 0.330 e. The highest BCUT2D eigenvalue weighted by Crippen LogP contribution is 2.32. The van der Waals surface area contributed by atoms with Gasteiger partial charge in [-0.05, 0) is 43.0 Å². The number of hydrogen-bond donors (Lipinski definition) is 2. The normalized spacial score (nSPS) is 20.9. The molecule has 1 fully saturated rings. The Morgan fingerprint density at radius 2 is 2.20 bits per heavy atom. The summed E-state index contributed by atoms with van der Waals surface area (Å²) in [6, 6.07) is 3.98. The Bertz CT molecular complexity index is 1160. The van der Waals surface area contributed by atoms with E-state index in [9.17, 15) is 9.90 Å². The quantitative estimate of drug-likeness (QED) is 0.675. The molecule has 2 N–H and O–H groups in total. The molecule has 2 unspecified atom stereocenters. The summed E-state index contributed by atoms with van der Waals surface area (Å²) in [7, 11) is 1.72. The monoisotopic (exact) mass is 411 g/mol. The van der Waals surface area contributed by atoms with Gasteiger partial charge in [-0.2, -0.15) is 4.98 Å². The highest BCUT2D eigenvalue weighted by atomic mass is 16.5. The first-order valence-electron chi connectivity index (χ1n) is 10.2. The Morgan fingerprint density at radius 3 is 2.97 bits per heavy atom. The molecule has 2 aromatic heterocycles. The second-order valence-electron chi connectivity index (χ2n) is 7.98. The lowest BCUT2D eigenvalue weighted by Gasteiger charge is -2.28. The molecule has 5 rings (SSSR count). The van der Waals surface area contributed by atoms with Gasteiger partial charge >= 0.3 is 5.69 Å². The number of imidazole rings is 1. The molecule has 1 aromatic carbocycles. The molecule has 0 bridgehead atoms. The van der Waals surface area contributed by atoms with E-state index in [1.165, 1.54) is 5.56 Å². The molecule has 2 aliphatic heterocycles. The Labute approximate surface area is 173 Å². The lowest BCUT2D eigenvalue weighted by atomic mass is 10.1. The van der Waals surface area contributed by atoms with E-state index in [0.29, 0.717) is 36.7 Å². The van der Waals surface area contributed by atoms with Crippen molar-refractivity contribution in [2.45, 2.75) is 38.3 Å². The number of nitrogens with zero attached hydrogens (tertiary/aromatic N) is 4. The summed E-state index contributed by atoms with van der Waals surface area (Å²) < 4.78 is 14.6. The van der Waals surface area contributed by atoms with Crippen LogP contribution in [0.25, 0.3) is 11.2 Å². The number of rotatable bonds is 4. The van der Waals surface area contributed by atoms with E-state index < -0.39 is 0 Å². The molecule has 9 nitrogen and oxygen atoms in total. The third-order valence-corrected chi connectivity index (χ3v) is 6.03. The number of aromatic nitrogens is 4. The molecule has 3 aromatic rings. The number of hydrogen-bond acceptors (Lipinski definition) is 7.